The number of Topliss-reactive ketones (excluding diaryl/α,β-unsaturated/α-hetero) is 1. The van der Waals surface area contributed by atoms with Crippen molar-refractivity contribution in [3.63, 3.8) is 0 Å². The number of nitrogens with zero attached hydrogens (tertiary/aromatic N) is 2. The number of hydrogen-bond donors (Lipinski definition) is 1. The molecular weight excluding hydrogens is 526 g/mol. The van der Waals surface area contributed by atoms with Crippen LogP contribution in [0.15, 0.2) is 53.5 Å². The summed E-state index contributed by atoms with van der Waals surface area (Å²) in [6.45, 7) is 3.38. The summed E-state index contributed by atoms with van der Waals surface area (Å²) in [6.07, 6.45) is 5.27. The van der Waals surface area contributed by atoms with Gasteiger partial charge in [-0.15, -0.1) is 11.3 Å². The Morgan fingerprint density at radius 2 is 2.05 bits per heavy atom. The molecule has 1 atom stereocenters. The van der Waals surface area contributed by atoms with E-state index in [-0.39, 0.29) is 23.9 Å². The second kappa shape index (κ2) is 11.7. The van der Waals surface area contributed by atoms with Gasteiger partial charge in [0, 0.05) is 30.9 Å². The summed E-state index contributed by atoms with van der Waals surface area (Å²) in [5, 5.41) is 3.43. The maximum absolute atomic E-state index is 13.1. The van der Waals surface area contributed by atoms with Gasteiger partial charge in [0.05, 0.1) is 21.4 Å². The average molecular weight is 556 g/mol. The number of rotatable bonds is 11. The molecule has 2 aliphatic rings. The molecule has 0 radical (unpaired) electrons. The van der Waals surface area contributed by atoms with E-state index in [4.69, 9.17) is 21.1 Å². The smallest absolute Gasteiger partial charge is 0.414 e. The second-order valence-electron chi connectivity index (χ2n) is 9.63. The Morgan fingerprint density at radius 3 is 2.76 bits per heavy atom. The van der Waals surface area contributed by atoms with Crippen molar-refractivity contribution in [1.29, 1.82) is 0 Å². The molecule has 38 heavy (non-hydrogen) atoms. The molecule has 2 aromatic heterocycles. The number of aromatic nitrogens is 1. The zero-order chi connectivity index (χ0) is 26.6. The molecule has 5 rings (SSSR count). The Labute approximate surface area is 230 Å². The molecule has 1 amide bonds. The van der Waals surface area contributed by atoms with Crippen molar-refractivity contribution in [3.05, 3.63) is 73.8 Å². The first-order chi connectivity index (χ1) is 18.4. The zero-order valence-electron chi connectivity index (χ0n) is 21.2. The van der Waals surface area contributed by atoms with E-state index in [0.29, 0.717) is 58.5 Å². The molecule has 200 valence electrons. The van der Waals surface area contributed by atoms with Crippen molar-refractivity contribution in [3.8, 4) is 11.4 Å². The predicted molar refractivity (Wildman–Crippen MR) is 148 cm³/mol. The van der Waals surface area contributed by atoms with Crippen LogP contribution in [-0.4, -0.2) is 48.3 Å². The molecule has 2 fully saturated rings. The van der Waals surface area contributed by atoms with Gasteiger partial charge in [-0.1, -0.05) is 18.0 Å². The lowest BCUT2D eigenvalue weighted by atomic mass is 9.93. The third-order valence-electron chi connectivity index (χ3n) is 6.98. The summed E-state index contributed by atoms with van der Waals surface area (Å²) >= 11 is 7.17. The van der Waals surface area contributed by atoms with E-state index in [9.17, 15) is 14.4 Å². The normalized spacial score (nSPS) is 17.4. The molecule has 1 saturated carbocycles. The van der Waals surface area contributed by atoms with E-state index in [1.165, 1.54) is 30.6 Å². The number of cyclic esters (lactones) is 1. The fourth-order valence-electron chi connectivity index (χ4n) is 4.65. The van der Waals surface area contributed by atoms with Gasteiger partial charge in [0.1, 0.15) is 12.7 Å². The third-order valence-corrected chi connectivity index (χ3v) is 8.25. The monoisotopic (exact) mass is 555 g/mol. The number of thiophene rings is 1. The number of aryl methyl sites for hydroxylation is 1. The van der Waals surface area contributed by atoms with Gasteiger partial charge in [0.2, 0.25) is 0 Å². The summed E-state index contributed by atoms with van der Waals surface area (Å²) < 4.78 is 13.4. The maximum atomic E-state index is 13.1. The highest BCUT2D eigenvalue weighted by atomic mass is 35.5. The third kappa shape index (κ3) is 5.95. The Morgan fingerprint density at radius 1 is 1.21 bits per heavy atom. The fourth-order valence-corrected chi connectivity index (χ4v) is 5.66. The molecule has 10 heteroatoms. The van der Waals surface area contributed by atoms with E-state index < -0.39 is 6.09 Å². The van der Waals surface area contributed by atoms with Crippen LogP contribution in [0, 0.1) is 6.92 Å². The zero-order valence-corrected chi connectivity index (χ0v) is 22.7. The summed E-state index contributed by atoms with van der Waals surface area (Å²) in [6, 6.07) is 12.9. The number of carbonyl (C=O) groups excluding carboxylic acids is 2. The van der Waals surface area contributed by atoms with E-state index in [1.807, 2.05) is 19.1 Å². The highest BCUT2D eigenvalue weighted by molar-refractivity contribution is 7.18. The number of benzene rings is 1. The molecule has 1 N–H and O–H groups in total. The van der Waals surface area contributed by atoms with Crippen LogP contribution < -0.4 is 20.5 Å². The Hall–Kier alpha value is -3.14. The van der Waals surface area contributed by atoms with Crippen molar-refractivity contribution < 1.29 is 19.1 Å². The van der Waals surface area contributed by atoms with E-state index in [1.54, 1.807) is 46.0 Å². The molecule has 1 aliphatic heterocycles. The van der Waals surface area contributed by atoms with Crippen LogP contribution in [0.2, 0.25) is 4.34 Å². The molecule has 0 spiro atoms. The van der Waals surface area contributed by atoms with E-state index in [2.05, 4.69) is 5.32 Å². The number of halogens is 1. The summed E-state index contributed by atoms with van der Waals surface area (Å²) in [5.41, 5.74) is 1.98. The van der Waals surface area contributed by atoms with Crippen molar-refractivity contribution >= 4 is 40.5 Å². The first-order valence-corrected chi connectivity index (χ1v) is 14.0. The Kier molecular flexibility index (Phi) is 8.16. The molecule has 1 saturated heterocycles. The Bertz CT molecular complexity index is 1380. The molecule has 1 aromatic carbocycles. The number of amides is 1. The maximum Gasteiger partial charge on any atom is 0.414 e. The van der Waals surface area contributed by atoms with Crippen LogP contribution in [0.25, 0.3) is 5.69 Å². The van der Waals surface area contributed by atoms with Gasteiger partial charge in [0.25, 0.3) is 5.56 Å². The van der Waals surface area contributed by atoms with Crippen LogP contribution >= 0.6 is 22.9 Å². The minimum Gasteiger partial charge on any atom is -0.487 e. The highest BCUT2D eigenvalue weighted by Gasteiger charge is 2.33. The summed E-state index contributed by atoms with van der Waals surface area (Å²) in [5.74, 6) is 0.291. The average Bonchev–Trinajstić information content (AvgIpc) is 3.47. The number of nitrogens with one attached hydrogen (secondary N) is 1. The number of pyridine rings is 1. The highest BCUT2D eigenvalue weighted by Crippen LogP contribution is 2.28. The second-order valence-corrected chi connectivity index (χ2v) is 11.3. The van der Waals surface area contributed by atoms with E-state index in [0.717, 1.165) is 5.56 Å². The number of hydrogen-bond acceptors (Lipinski definition) is 7. The van der Waals surface area contributed by atoms with Gasteiger partial charge >= 0.3 is 6.09 Å². The number of anilines is 1. The SMILES string of the molecule is Cc1cc(N2C[C@H](CCC(=O)c3ccc(Cl)s3)OC2=O)ccc1-n1cccc(OCCNC2CCC2)c1=O. The fraction of sp³-hybridized carbons (Fsp3) is 0.393. The molecule has 0 bridgehead atoms. The predicted octanol–water partition coefficient (Wildman–Crippen LogP) is 5.37. The van der Waals surface area contributed by atoms with Crippen molar-refractivity contribution in [1.82, 2.24) is 9.88 Å². The van der Waals surface area contributed by atoms with Crippen molar-refractivity contribution in [2.45, 2.75) is 51.2 Å². The molecule has 3 aromatic rings. The quantitative estimate of drug-likeness (QED) is 0.253. The van der Waals surface area contributed by atoms with Gasteiger partial charge in [-0.25, -0.2) is 4.79 Å². The first-order valence-electron chi connectivity index (χ1n) is 12.8. The van der Waals surface area contributed by atoms with Gasteiger partial charge in [-0.05, 0) is 74.2 Å². The van der Waals surface area contributed by atoms with Gasteiger partial charge < -0.3 is 14.8 Å². The number of carbonyl (C=O) groups is 2. The van der Waals surface area contributed by atoms with E-state index >= 15 is 0 Å². The van der Waals surface area contributed by atoms with Crippen LogP contribution in [0.4, 0.5) is 10.5 Å². The van der Waals surface area contributed by atoms with Gasteiger partial charge in [0.15, 0.2) is 11.5 Å². The van der Waals surface area contributed by atoms with Crippen LogP contribution in [0.3, 0.4) is 0 Å². The molecule has 1 aliphatic carbocycles. The summed E-state index contributed by atoms with van der Waals surface area (Å²) in [4.78, 5) is 40.2. The van der Waals surface area contributed by atoms with Crippen molar-refractivity contribution in [2.75, 3.05) is 24.6 Å². The largest absolute Gasteiger partial charge is 0.487 e. The minimum absolute atomic E-state index is 0.0112. The lowest BCUT2D eigenvalue weighted by Crippen LogP contribution is -2.37. The lowest BCUT2D eigenvalue weighted by Gasteiger charge is -2.26. The minimum atomic E-state index is -0.447. The van der Waals surface area contributed by atoms with Gasteiger partial charge in [-0.3, -0.25) is 19.1 Å². The van der Waals surface area contributed by atoms with Gasteiger partial charge in [-0.2, -0.15) is 0 Å². The standard InChI is InChI=1S/C28H30ClN3O5S/c1-18-16-20(32-17-21(37-28(32)35)8-10-23(33)25-11-12-26(29)38-25)7-9-22(18)31-14-3-6-24(27(31)34)36-15-13-30-19-4-2-5-19/h3,6-7,9,11-12,14,16,19,21,30H,2,4-5,8,10,13,15,17H2,1H3/t21-/m0/s1. The Balaban J connectivity index is 1.21. The lowest BCUT2D eigenvalue weighted by molar-refractivity contribution is 0.0943. The van der Waals surface area contributed by atoms with Crippen LogP contribution in [0.1, 0.15) is 47.3 Å². The van der Waals surface area contributed by atoms with Crippen LogP contribution in [-0.2, 0) is 4.74 Å². The van der Waals surface area contributed by atoms with Crippen molar-refractivity contribution in [2.24, 2.45) is 0 Å². The molecule has 3 heterocycles. The first kappa shape index (κ1) is 26.5. The summed E-state index contributed by atoms with van der Waals surface area (Å²) in [7, 11) is 0. The number of ether oxygens (including phenoxy) is 2. The molecular formula is C28H30ClN3O5S. The topological polar surface area (TPSA) is 89.9 Å². The number of ketones is 1. The van der Waals surface area contributed by atoms with Crippen LogP contribution in [0.5, 0.6) is 5.75 Å². The molecule has 0 unspecified atom stereocenters. The molecule has 8 nitrogen and oxygen atoms in total.